The number of nitrogens with zero attached hydrogens (tertiary/aromatic N) is 1. The quantitative estimate of drug-likeness (QED) is 0.771. The fraction of sp³-hybridized carbons (Fsp3) is 0.700. The van der Waals surface area contributed by atoms with Crippen molar-refractivity contribution in [2.75, 3.05) is 7.05 Å². The normalized spacial score (nSPS) is 33.1. The molecular weight excluding hydrogens is 396 g/mol. The van der Waals surface area contributed by atoms with Crippen molar-refractivity contribution in [1.82, 2.24) is 4.72 Å². The third-order valence-corrected chi connectivity index (χ3v) is 11.3. The molecule has 2 N–H and O–H groups in total. The van der Waals surface area contributed by atoms with Crippen molar-refractivity contribution < 1.29 is 17.7 Å². The molecule has 1 aromatic carbocycles. The number of hydrogen-bond donors (Lipinski definition) is 2. The minimum atomic E-state index is -3.64. The summed E-state index contributed by atoms with van der Waals surface area (Å²) in [5, 5.41) is 10.7. The zero-order valence-corrected chi connectivity index (χ0v) is 18.7. The SMILES string of the molecule is CN=[S@@](=O)(c1ccccc1)[C@H]1[C@H](O)[C@@H](NS(=O)(=O)C(C)(C)C)[C@@H]2CCCC[C@@H]21. The van der Waals surface area contributed by atoms with Crippen LogP contribution in [0.4, 0.5) is 0 Å². The summed E-state index contributed by atoms with van der Waals surface area (Å²) in [5.41, 5.74) is 0. The van der Waals surface area contributed by atoms with Gasteiger partial charge in [-0.3, -0.25) is 0 Å². The number of aliphatic hydroxyl groups excluding tert-OH is 1. The van der Waals surface area contributed by atoms with E-state index in [-0.39, 0.29) is 11.8 Å². The van der Waals surface area contributed by atoms with Crippen molar-refractivity contribution in [2.24, 2.45) is 16.2 Å². The first kappa shape index (κ1) is 21.7. The van der Waals surface area contributed by atoms with Crippen LogP contribution in [0, 0.1) is 11.8 Å². The van der Waals surface area contributed by atoms with E-state index in [4.69, 9.17) is 0 Å². The lowest BCUT2D eigenvalue weighted by atomic mass is 9.80. The van der Waals surface area contributed by atoms with E-state index in [1.807, 2.05) is 18.2 Å². The van der Waals surface area contributed by atoms with Gasteiger partial charge in [-0.25, -0.2) is 21.7 Å². The van der Waals surface area contributed by atoms with E-state index in [0.29, 0.717) is 4.90 Å². The summed E-state index contributed by atoms with van der Waals surface area (Å²) >= 11 is 0. The minimum absolute atomic E-state index is 0.0205. The summed E-state index contributed by atoms with van der Waals surface area (Å²) in [5.74, 6) is -0.0509. The zero-order chi connectivity index (χ0) is 20.7. The van der Waals surface area contributed by atoms with Gasteiger partial charge in [0.2, 0.25) is 10.0 Å². The van der Waals surface area contributed by atoms with Gasteiger partial charge in [-0.05, 0) is 57.6 Å². The maximum Gasteiger partial charge on any atom is 0.216 e. The number of hydrogen-bond acceptors (Lipinski definition) is 5. The highest BCUT2D eigenvalue weighted by atomic mass is 32.2. The van der Waals surface area contributed by atoms with E-state index in [2.05, 4.69) is 9.08 Å². The van der Waals surface area contributed by atoms with Gasteiger partial charge in [-0.1, -0.05) is 31.0 Å². The third-order valence-electron chi connectivity index (χ3n) is 6.28. The Labute approximate surface area is 169 Å². The second kappa shape index (κ2) is 7.70. The molecule has 28 heavy (non-hydrogen) atoms. The highest BCUT2D eigenvalue weighted by Crippen LogP contribution is 2.47. The van der Waals surface area contributed by atoms with Gasteiger partial charge in [0.05, 0.1) is 31.9 Å². The summed E-state index contributed by atoms with van der Waals surface area (Å²) in [4.78, 5) is 0.602. The Morgan fingerprint density at radius 1 is 1.04 bits per heavy atom. The van der Waals surface area contributed by atoms with Gasteiger partial charge in [0.1, 0.15) is 0 Å². The fourth-order valence-electron chi connectivity index (χ4n) is 4.69. The molecule has 2 saturated carbocycles. The molecule has 2 aliphatic rings. The molecule has 0 unspecified atom stereocenters. The van der Waals surface area contributed by atoms with E-state index < -0.39 is 41.9 Å². The Morgan fingerprint density at radius 3 is 2.14 bits per heavy atom. The molecule has 0 radical (unpaired) electrons. The van der Waals surface area contributed by atoms with E-state index >= 15 is 0 Å². The van der Waals surface area contributed by atoms with Crippen LogP contribution in [0.15, 0.2) is 39.6 Å². The maximum absolute atomic E-state index is 14.0. The van der Waals surface area contributed by atoms with Gasteiger partial charge < -0.3 is 5.11 Å². The number of benzene rings is 1. The van der Waals surface area contributed by atoms with E-state index in [9.17, 15) is 17.7 Å². The van der Waals surface area contributed by atoms with E-state index in [1.165, 1.54) is 7.05 Å². The van der Waals surface area contributed by atoms with Gasteiger partial charge >= 0.3 is 0 Å². The standard InChI is InChI=1S/C20H32N2O4S2/c1-20(2,3)28(25,26)22-17-15-12-8-9-13-16(15)19(18(17)23)27(24,21-4)14-10-6-5-7-11-14/h5-7,10-11,15-19,22-23H,8-9,12-13H2,1-4H3/t15-,16+,17+,18-,19-,27-/m1/s1. The van der Waals surface area contributed by atoms with E-state index in [0.717, 1.165) is 25.7 Å². The van der Waals surface area contributed by atoms with Crippen LogP contribution in [-0.2, 0) is 19.8 Å². The second-order valence-electron chi connectivity index (χ2n) is 8.89. The first-order chi connectivity index (χ1) is 13.0. The van der Waals surface area contributed by atoms with Crippen LogP contribution in [0.25, 0.3) is 0 Å². The predicted octanol–water partition coefficient (Wildman–Crippen LogP) is 2.78. The molecule has 3 rings (SSSR count). The molecule has 6 atom stereocenters. The molecule has 1 aromatic rings. The van der Waals surface area contributed by atoms with Gasteiger partial charge in [0, 0.05) is 11.9 Å². The molecule has 0 spiro atoms. The Balaban J connectivity index is 2.05. The molecule has 2 fully saturated rings. The maximum atomic E-state index is 14.0. The first-order valence-corrected chi connectivity index (χ1v) is 13.0. The average molecular weight is 429 g/mol. The Bertz CT molecular complexity index is 915. The molecule has 0 heterocycles. The smallest absolute Gasteiger partial charge is 0.216 e. The molecule has 0 saturated heterocycles. The van der Waals surface area contributed by atoms with Crippen LogP contribution in [-0.4, -0.2) is 46.9 Å². The molecule has 0 amide bonds. The van der Waals surface area contributed by atoms with Crippen LogP contribution in [0.3, 0.4) is 0 Å². The molecular formula is C20H32N2O4S2. The lowest BCUT2D eigenvalue weighted by Gasteiger charge is -2.32. The summed E-state index contributed by atoms with van der Waals surface area (Å²) in [6, 6.07) is 8.43. The number of rotatable bonds is 4. The molecule has 2 aliphatic carbocycles. The first-order valence-electron chi connectivity index (χ1n) is 9.92. The van der Waals surface area contributed by atoms with Crippen LogP contribution < -0.4 is 4.72 Å². The van der Waals surface area contributed by atoms with Crippen LogP contribution in [0.1, 0.15) is 46.5 Å². The van der Waals surface area contributed by atoms with Crippen molar-refractivity contribution in [3.63, 3.8) is 0 Å². The lowest BCUT2D eigenvalue weighted by Crippen LogP contribution is -2.51. The lowest BCUT2D eigenvalue weighted by molar-refractivity contribution is 0.149. The molecule has 0 aliphatic heterocycles. The van der Waals surface area contributed by atoms with Gasteiger partial charge in [0.15, 0.2) is 0 Å². The second-order valence-corrected chi connectivity index (χ2v) is 13.9. The number of sulfonamides is 1. The predicted molar refractivity (Wildman–Crippen MR) is 112 cm³/mol. The van der Waals surface area contributed by atoms with E-state index in [1.54, 1.807) is 32.9 Å². The number of nitrogens with one attached hydrogen (secondary N) is 1. The van der Waals surface area contributed by atoms with Crippen molar-refractivity contribution >= 4 is 19.8 Å². The summed E-state index contributed by atoms with van der Waals surface area (Å²) in [7, 11) is -4.99. The Hall–Kier alpha value is -0.960. The fourth-order valence-corrected chi connectivity index (χ4v) is 8.39. The number of aliphatic hydroxyl groups is 1. The Morgan fingerprint density at radius 2 is 1.61 bits per heavy atom. The monoisotopic (exact) mass is 428 g/mol. The minimum Gasteiger partial charge on any atom is -0.390 e. The summed E-state index contributed by atoms with van der Waals surface area (Å²) in [6.45, 7) is 4.92. The highest BCUT2D eigenvalue weighted by molar-refractivity contribution is 7.94. The molecule has 0 bridgehead atoms. The Kier molecular flexibility index (Phi) is 5.98. The summed E-state index contributed by atoms with van der Waals surface area (Å²) in [6.07, 6.45) is 2.60. The highest BCUT2D eigenvalue weighted by Gasteiger charge is 2.56. The van der Waals surface area contributed by atoms with Crippen LogP contribution in [0.5, 0.6) is 0 Å². The van der Waals surface area contributed by atoms with Gasteiger partial charge in [-0.15, -0.1) is 0 Å². The number of fused-ring (bicyclic) bond motifs is 1. The van der Waals surface area contributed by atoms with Gasteiger partial charge in [0.25, 0.3) is 0 Å². The zero-order valence-electron chi connectivity index (χ0n) is 17.0. The molecule has 158 valence electrons. The topological polar surface area (TPSA) is 95.8 Å². The molecule has 0 aromatic heterocycles. The third kappa shape index (κ3) is 3.64. The van der Waals surface area contributed by atoms with Crippen molar-refractivity contribution in [3.8, 4) is 0 Å². The largest absolute Gasteiger partial charge is 0.390 e. The van der Waals surface area contributed by atoms with Crippen molar-refractivity contribution in [3.05, 3.63) is 30.3 Å². The van der Waals surface area contributed by atoms with Crippen LogP contribution in [0.2, 0.25) is 0 Å². The van der Waals surface area contributed by atoms with Crippen LogP contribution >= 0.6 is 0 Å². The molecule has 6 nitrogen and oxygen atoms in total. The van der Waals surface area contributed by atoms with Crippen molar-refractivity contribution in [2.45, 2.75) is 73.5 Å². The van der Waals surface area contributed by atoms with Gasteiger partial charge in [-0.2, -0.15) is 0 Å². The summed E-state index contributed by atoms with van der Waals surface area (Å²) < 4.78 is 45.7. The van der Waals surface area contributed by atoms with Crippen molar-refractivity contribution in [1.29, 1.82) is 0 Å². The molecule has 8 heteroatoms. The average Bonchev–Trinajstić information content (AvgIpc) is 2.93.